The highest BCUT2D eigenvalue weighted by molar-refractivity contribution is 6.23. The molecule has 0 fully saturated rings. The lowest BCUT2D eigenvalue weighted by molar-refractivity contribution is 1.12. The minimum atomic E-state index is 1.01. The second-order valence-electron chi connectivity index (χ2n) is 4.11. The van der Waals surface area contributed by atoms with Gasteiger partial charge in [0.05, 0.1) is 0 Å². The van der Waals surface area contributed by atoms with Crippen molar-refractivity contribution >= 4 is 32.4 Å². The van der Waals surface area contributed by atoms with Crippen LogP contribution in [0.3, 0.4) is 0 Å². The van der Waals surface area contributed by atoms with E-state index in [0.29, 0.717) is 0 Å². The van der Waals surface area contributed by atoms with Crippen LogP contribution in [-0.4, -0.2) is 15.2 Å². The Morgan fingerprint density at radius 3 is 2.59 bits per heavy atom. The number of nitrogens with zero attached hydrogens (tertiary/aromatic N) is 2. The Kier molecular flexibility index (Phi) is 1.56. The quantitative estimate of drug-likeness (QED) is 0.461. The van der Waals surface area contributed by atoms with Gasteiger partial charge in [-0.1, -0.05) is 24.3 Å². The van der Waals surface area contributed by atoms with Gasteiger partial charge >= 0.3 is 0 Å². The molecule has 0 atom stereocenters. The minimum Gasteiger partial charge on any atom is -0.284 e. The number of hydrogen-bond acceptors (Lipinski definition) is 2. The average molecular weight is 219 g/mol. The first kappa shape index (κ1) is 8.70. The number of H-pyrrole nitrogens is 1. The van der Waals surface area contributed by atoms with Crippen molar-refractivity contribution in [2.75, 3.05) is 0 Å². The summed E-state index contributed by atoms with van der Waals surface area (Å²) in [4.78, 5) is 4.21. The average Bonchev–Trinajstić information content (AvgIpc) is 2.89. The zero-order valence-electron chi connectivity index (χ0n) is 9.01. The number of nitrogens with one attached hydrogen (secondary N) is 1. The van der Waals surface area contributed by atoms with Crippen molar-refractivity contribution in [1.29, 1.82) is 0 Å². The Hall–Kier alpha value is -2.42. The van der Waals surface area contributed by atoms with E-state index in [-0.39, 0.29) is 0 Å². The Labute approximate surface area is 97.1 Å². The summed E-state index contributed by atoms with van der Waals surface area (Å²) >= 11 is 0. The lowest BCUT2D eigenvalue weighted by Crippen LogP contribution is -1.81. The molecule has 80 valence electrons. The van der Waals surface area contributed by atoms with Crippen LogP contribution in [0.25, 0.3) is 32.4 Å². The number of aromatic amines is 1. The molecule has 0 bridgehead atoms. The summed E-state index contributed by atoms with van der Waals surface area (Å²) < 4.78 is 0. The minimum absolute atomic E-state index is 1.01. The molecular weight excluding hydrogens is 210 g/mol. The molecule has 2 heterocycles. The van der Waals surface area contributed by atoms with Gasteiger partial charge in [-0.3, -0.25) is 10.1 Å². The third kappa shape index (κ3) is 1.05. The fourth-order valence-electron chi connectivity index (χ4n) is 2.47. The summed E-state index contributed by atoms with van der Waals surface area (Å²) in [5, 5.41) is 13.2. The molecule has 4 aromatic rings. The van der Waals surface area contributed by atoms with Crippen LogP contribution in [0.15, 0.2) is 48.9 Å². The first-order valence-corrected chi connectivity index (χ1v) is 5.53. The van der Waals surface area contributed by atoms with Gasteiger partial charge in [0.1, 0.15) is 5.52 Å². The van der Waals surface area contributed by atoms with E-state index >= 15 is 0 Å². The normalized spacial score (nSPS) is 11.5. The predicted molar refractivity (Wildman–Crippen MR) is 68.9 cm³/mol. The van der Waals surface area contributed by atoms with E-state index in [1.165, 1.54) is 16.2 Å². The van der Waals surface area contributed by atoms with Gasteiger partial charge in [0.25, 0.3) is 0 Å². The highest BCUT2D eigenvalue weighted by atomic mass is 15.1. The van der Waals surface area contributed by atoms with Crippen molar-refractivity contribution in [1.82, 2.24) is 15.2 Å². The van der Waals surface area contributed by atoms with Crippen LogP contribution in [0.4, 0.5) is 0 Å². The predicted octanol–water partition coefficient (Wildman–Crippen LogP) is 3.26. The van der Waals surface area contributed by atoms with Gasteiger partial charge in [0.2, 0.25) is 0 Å². The molecule has 0 radical (unpaired) electrons. The van der Waals surface area contributed by atoms with Crippen LogP contribution < -0.4 is 0 Å². The second-order valence-corrected chi connectivity index (χ2v) is 4.11. The van der Waals surface area contributed by atoms with Gasteiger partial charge in [-0.15, -0.1) is 0 Å². The molecule has 1 N–H and O–H groups in total. The summed E-state index contributed by atoms with van der Waals surface area (Å²) in [6, 6.07) is 10.4. The van der Waals surface area contributed by atoms with Gasteiger partial charge in [-0.2, -0.15) is 5.10 Å². The zero-order valence-corrected chi connectivity index (χ0v) is 9.01. The van der Waals surface area contributed by atoms with Crippen LogP contribution in [0.5, 0.6) is 0 Å². The Balaban J connectivity index is 2.48. The van der Waals surface area contributed by atoms with Crippen molar-refractivity contribution < 1.29 is 0 Å². The van der Waals surface area contributed by atoms with Gasteiger partial charge in [-0.05, 0) is 16.8 Å². The lowest BCUT2D eigenvalue weighted by Gasteiger charge is -2.04. The highest BCUT2D eigenvalue weighted by Crippen LogP contribution is 2.32. The summed E-state index contributed by atoms with van der Waals surface area (Å²) in [5.41, 5.74) is 1.01. The molecule has 0 spiro atoms. The number of aromatic nitrogens is 3. The molecular formula is C14H9N3. The fourth-order valence-corrected chi connectivity index (χ4v) is 2.47. The number of rotatable bonds is 0. The molecule has 0 saturated carbocycles. The SMILES string of the molecule is c1ccc2c(c1)c1ccncc1c1c[nH]nc21. The molecule has 0 aliphatic heterocycles. The van der Waals surface area contributed by atoms with E-state index in [0.717, 1.165) is 16.3 Å². The van der Waals surface area contributed by atoms with Crippen LogP contribution in [-0.2, 0) is 0 Å². The fraction of sp³-hybridized carbons (Fsp3) is 0. The van der Waals surface area contributed by atoms with E-state index in [2.05, 4.69) is 39.4 Å². The standard InChI is InChI=1S/C14H9N3/c1-2-4-11-9(3-1)10-5-6-15-7-12(10)13-8-16-17-14(11)13/h1-8H,(H,16,17). The largest absolute Gasteiger partial charge is 0.284 e. The van der Waals surface area contributed by atoms with Gasteiger partial charge in [0, 0.05) is 34.7 Å². The first-order valence-electron chi connectivity index (χ1n) is 5.53. The molecule has 4 rings (SSSR count). The molecule has 17 heavy (non-hydrogen) atoms. The Morgan fingerprint density at radius 1 is 0.824 bits per heavy atom. The molecule has 0 saturated heterocycles. The maximum absolute atomic E-state index is 4.34. The van der Waals surface area contributed by atoms with E-state index < -0.39 is 0 Å². The van der Waals surface area contributed by atoms with Crippen molar-refractivity contribution in [2.45, 2.75) is 0 Å². The smallest absolute Gasteiger partial charge is 0.101 e. The van der Waals surface area contributed by atoms with Crippen molar-refractivity contribution in [3.63, 3.8) is 0 Å². The topological polar surface area (TPSA) is 41.6 Å². The number of hydrogen-bond donors (Lipinski definition) is 1. The summed E-state index contributed by atoms with van der Waals surface area (Å²) in [6.07, 6.45) is 5.67. The molecule has 0 aliphatic carbocycles. The van der Waals surface area contributed by atoms with Crippen LogP contribution in [0, 0.1) is 0 Å². The highest BCUT2D eigenvalue weighted by Gasteiger charge is 2.09. The number of fused-ring (bicyclic) bond motifs is 6. The third-order valence-electron chi connectivity index (χ3n) is 3.22. The van der Waals surface area contributed by atoms with Crippen LogP contribution in [0.1, 0.15) is 0 Å². The third-order valence-corrected chi connectivity index (χ3v) is 3.22. The van der Waals surface area contributed by atoms with Gasteiger partial charge in [-0.25, -0.2) is 0 Å². The van der Waals surface area contributed by atoms with Crippen LogP contribution >= 0.6 is 0 Å². The number of pyridine rings is 1. The zero-order chi connectivity index (χ0) is 11.2. The molecule has 2 aromatic heterocycles. The second kappa shape index (κ2) is 3.04. The summed E-state index contributed by atoms with van der Waals surface area (Å²) in [5.74, 6) is 0. The Morgan fingerprint density at radius 2 is 1.65 bits per heavy atom. The molecule has 2 aromatic carbocycles. The summed E-state index contributed by atoms with van der Waals surface area (Å²) in [6.45, 7) is 0. The molecule has 0 aliphatic rings. The van der Waals surface area contributed by atoms with E-state index in [1.54, 1.807) is 0 Å². The molecule has 0 unspecified atom stereocenters. The monoisotopic (exact) mass is 219 g/mol. The summed E-state index contributed by atoms with van der Waals surface area (Å²) in [7, 11) is 0. The number of benzene rings is 2. The van der Waals surface area contributed by atoms with Gasteiger partial charge < -0.3 is 0 Å². The van der Waals surface area contributed by atoms with E-state index in [1.807, 2.05) is 24.7 Å². The van der Waals surface area contributed by atoms with E-state index in [4.69, 9.17) is 0 Å². The van der Waals surface area contributed by atoms with Crippen molar-refractivity contribution in [3.05, 3.63) is 48.9 Å². The van der Waals surface area contributed by atoms with Gasteiger partial charge in [0.15, 0.2) is 0 Å². The first-order chi connectivity index (χ1) is 8.45. The van der Waals surface area contributed by atoms with Crippen molar-refractivity contribution in [3.8, 4) is 0 Å². The van der Waals surface area contributed by atoms with E-state index in [9.17, 15) is 0 Å². The Bertz CT molecular complexity index is 776. The lowest BCUT2D eigenvalue weighted by atomic mass is 10.0. The molecule has 3 heteroatoms. The maximum Gasteiger partial charge on any atom is 0.101 e. The maximum atomic E-state index is 4.34. The molecule has 3 nitrogen and oxygen atoms in total. The molecule has 0 amide bonds. The van der Waals surface area contributed by atoms with Crippen molar-refractivity contribution in [2.24, 2.45) is 0 Å². The van der Waals surface area contributed by atoms with Crippen LogP contribution in [0.2, 0.25) is 0 Å².